The third-order valence-corrected chi connectivity index (χ3v) is 4.07. The number of esters is 1. The molecule has 2 amide bonds. The van der Waals surface area contributed by atoms with Crippen LogP contribution in [0, 0.1) is 13.8 Å². The molecule has 0 unspecified atom stereocenters. The number of ether oxygens (including phenoxy) is 3. The molecule has 0 radical (unpaired) electrons. The zero-order chi connectivity index (χ0) is 20.1. The number of hydrazine groups is 1. The van der Waals surface area contributed by atoms with E-state index in [1.54, 1.807) is 43.3 Å². The maximum atomic E-state index is 12.1. The van der Waals surface area contributed by atoms with Crippen LogP contribution >= 0.6 is 0 Å². The highest BCUT2D eigenvalue weighted by Gasteiger charge is 2.27. The largest absolute Gasteiger partial charge is 0.485 e. The number of rotatable bonds is 4. The average molecular weight is 384 g/mol. The summed E-state index contributed by atoms with van der Waals surface area (Å²) in [5, 5.41) is 0. The number of hydrogen-bond acceptors (Lipinski definition) is 6. The summed E-state index contributed by atoms with van der Waals surface area (Å²) >= 11 is 0. The van der Waals surface area contributed by atoms with Gasteiger partial charge in [0, 0.05) is 0 Å². The Hall–Kier alpha value is -3.55. The minimum atomic E-state index is -0.910. The fraction of sp³-hybridized carbons (Fsp3) is 0.250. The van der Waals surface area contributed by atoms with E-state index >= 15 is 0 Å². The van der Waals surface area contributed by atoms with Gasteiger partial charge in [-0.25, -0.2) is 4.79 Å². The van der Waals surface area contributed by atoms with Gasteiger partial charge in [0.15, 0.2) is 18.1 Å². The average Bonchev–Trinajstić information content (AvgIpc) is 2.71. The molecule has 2 aromatic rings. The summed E-state index contributed by atoms with van der Waals surface area (Å²) in [4.78, 5) is 36.1. The molecular formula is C20H20N2O6. The molecule has 8 heteroatoms. The Morgan fingerprint density at radius 1 is 1.07 bits per heavy atom. The molecule has 0 saturated carbocycles. The third-order valence-electron chi connectivity index (χ3n) is 4.07. The van der Waals surface area contributed by atoms with E-state index in [-0.39, 0.29) is 6.61 Å². The Labute approximate surface area is 161 Å². The topological polar surface area (TPSA) is 103 Å². The first-order valence-corrected chi connectivity index (χ1v) is 8.65. The molecule has 3 rings (SSSR count). The highest BCUT2D eigenvalue weighted by atomic mass is 16.6. The van der Waals surface area contributed by atoms with Gasteiger partial charge in [-0.3, -0.25) is 20.4 Å². The number of hydrogen-bond donors (Lipinski definition) is 2. The van der Waals surface area contributed by atoms with E-state index < -0.39 is 30.5 Å². The zero-order valence-electron chi connectivity index (χ0n) is 15.5. The molecule has 2 N–H and O–H groups in total. The molecule has 0 bridgehead atoms. The van der Waals surface area contributed by atoms with Gasteiger partial charge in [0.25, 0.3) is 11.8 Å². The molecule has 1 aliphatic heterocycles. The van der Waals surface area contributed by atoms with Gasteiger partial charge < -0.3 is 14.2 Å². The highest BCUT2D eigenvalue weighted by Crippen LogP contribution is 2.30. The summed E-state index contributed by atoms with van der Waals surface area (Å²) in [5.74, 6) is -0.868. The van der Waals surface area contributed by atoms with Crippen molar-refractivity contribution in [1.82, 2.24) is 10.9 Å². The Morgan fingerprint density at radius 3 is 2.61 bits per heavy atom. The Morgan fingerprint density at radius 2 is 1.82 bits per heavy atom. The smallest absolute Gasteiger partial charge is 0.338 e. The van der Waals surface area contributed by atoms with E-state index in [1.165, 1.54) is 0 Å². The van der Waals surface area contributed by atoms with Crippen molar-refractivity contribution in [3.63, 3.8) is 0 Å². The predicted molar refractivity (Wildman–Crippen MR) is 98.8 cm³/mol. The normalized spacial score (nSPS) is 14.7. The summed E-state index contributed by atoms with van der Waals surface area (Å²) in [6, 6.07) is 12.3. The number of aryl methyl sites for hydroxylation is 2. The number of fused-ring (bicyclic) bond motifs is 1. The second-order valence-corrected chi connectivity index (χ2v) is 6.30. The standard InChI is InChI=1S/C20H20N2O6/c1-12-7-8-13(2)14(9-12)20(25)27-11-18(23)21-22-19(24)17-10-26-15-5-3-4-6-16(15)28-17/h3-9,17H,10-11H2,1-2H3,(H,21,23)(H,22,24)/t17-/m1/s1. The first kappa shape index (κ1) is 19.2. The van der Waals surface area contributed by atoms with Crippen LogP contribution in [0.1, 0.15) is 21.5 Å². The maximum absolute atomic E-state index is 12.1. The van der Waals surface area contributed by atoms with E-state index in [0.717, 1.165) is 11.1 Å². The van der Waals surface area contributed by atoms with E-state index in [9.17, 15) is 14.4 Å². The molecule has 8 nitrogen and oxygen atoms in total. The van der Waals surface area contributed by atoms with Crippen molar-refractivity contribution in [3.05, 3.63) is 59.2 Å². The van der Waals surface area contributed by atoms with Gasteiger partial charge in [-0.1, -0.05) is 29.8 Å². The second-order valence-electron chi connectivity index (χ2n) is 6.30. The lowest BCUT2D eigenvalue weighted by atomic mass is 10.1. The van der Waals surface area contributed by atoms with Gasteiger partial charge in [-0.15, -0.1) is 0 Å². The zero-order valence-corrected chi connectivity index (χ0v) is 15.5. The number of carbonyl (C=O) groups excluding carboxylic acids is 3. The van der Waals surface area contributed by atoms with Crippen molar-refractivity contribution in [2.75, 3.05) is 13.2 Å². The van der Waals surface area contributed by atoms with Gasteiger partial charge in [0.1, 0.15) is 6.61 Å². The van der Waals surface area contributed by atoms with E-state index in [4.69, 9.17) is 14.2 Å². The van der Waals surface area contributed by atoms with Crippen LogP contribution in [-0.4, -0.2) is 37.1 Å². The predicted octanol–water partition coefficient (Wildman–Crippen LogP) is 1.45. The third kappa shape index (κ3) is 4.59. The molecular weight excluding hydrogens is 364 g/mol. The van der Waals surface area contributed by atoms with Crippen molar-refractivity contribution >= 4 is 17.8 Å². The lowest BCUT2D eigenvalue weighted by Gasteiger charge is -2.25. The summed E-state index contributed by atoms with van der Waals surface area (Å²) in [7, 11) is 0. The minimum Gasteiger partial charge on any atom is -0.485 e. The molecule has 2 aromatic carbocycles. The first-order valence-electron chi connectivity index (χ1n) is 8.65. The van der Waals surface area contributed by atoms with Crippen LogP contribution in [0.5, 0.6) is 11.5 Å². The Bertz CT molecular complexity index is 911. The minimum absolute atomic E-state index is 0.0142. The maximum Gasteiger partial charge on any atom is 0.338 e. The molecule has 28 heavy (non-hydrogen) atoms. The fourth-order valence-electron chi connectivity index (χ4n) is 2.56. The molecule has 1 heterocycles. The number of para-hydroxylation sites is 2. The van der Waals surface area contributed by atoms with E-state index in [0.29, 0.717) is 17.1 Å². The summed E-state index contributed by atoms with van der Waals surface area (Å²) in [5.41, 5.74) is 6.47. The summed E-state index contributed by atoms with van der Waals surface area (Å²) in [6.07, 6.45) is -0.910. The number of carbonyl (C=O) groups is 3. The van der Waals surface area contributed by atoms with Crippen LogP contribution < -0.4 is 20.3 Å². The SMILES string of the molecule is Cc1ccc(C)c(C(=O)OCC(=O)NNC(=O)[C@H]2COc3ccccc3O2)c1. The second kappa shape index (κ2) is 8.43. The molecule has 1 atom stereocenters. The lowest BCUT2D eigenvalue weighted by molar-refractivity contribution is -0.135. The van der Waals surface area contributed by atoms with Crippen LogP contribution in [0.15, 0.2) is 42.5 Å². The monoisotopic (exact) mass is 384 g/mol. The van der Waals surface area contributed by atoms with Gasteiger partial charge in [0.2, 0.25) is 6.10 Å². The first-order chi connectivity index (χ1) is 13.4. The van der Waals surface area contributed by atoms with Gasteiger partial charge in [0.05, 0.1) is 5.56 Å². The highest BCUT2D eigenvalue weighted by molar-refractivity contribution is 5.93. The van der Waals surface area contributed by atoms with E-state index in [2.05, 4.69) is 10.9 Å². The number of benzene rings is 2. The number of amides is 2. The quantitative estimate of drug-likeness (QED) is 0.611. The van der Waals surface area contributed by atoms with Crippen molar-refractivity contribution in [2.24, 2.45) is 0 Å². The van der Waals surface area contributed by atoms with Gasteiger partial charge in [-0.2, -0.15) is 0 Å². The lowest BCUT2D eigenvalue weighted by Crippen LogP contribution is -2.51. The summed E-state index contributed by atoms with van der Waals surface area (Å²) in [6.45, 7) is 3.12. The van der Waals surface area contributed by atoms with Crippen molar-refractivity contribution < 1.29 is 28.6 Å². The van der Waals surface area contributed by atoms with Crippen LogP contribution in [0.3, 0.4) is 0 Å². The van der Waals surface area contributed by atoms with Crippen LogP contribution in [0.2, 0.25) is 0 Å². The number of nitrogens with one attached hydrogen (secondary N) is 2. The van der Waals surface area contributed by atoms with Crippen molar-refractivity contribution in [3.8, 4) is 11.5 Å². The van der Waals surface area contributed by atoms with Crippen LogP contribution in [0.25, 0.3) is 0 Å². The summed E-state index contributed by atoms with van der Waals surface area (Å²) < 4.78 is 16.0. The molecule has 146 valence electrons. The molecule has 0 aliphatic carbocycles. The van der Waals surface area contributed by atoms with Crippen LogP contribution in [-0.2, 0) is 14.3 Å². The molecule has 1 aliphatic rings. The van der Waals surface area contributed by atoms with E-state index in [1.807, 2.05) is 13.0 Å². The van der Waals surface area contributed by atoms with Gasteiger partial charge >= 0.3 is 5.97 Å². The molecule has 0 aromatic heterocycles. The van der Waals surface area contributed by atoms with Crippen molar-refractivity contribution in [1.29, 1.82) is 0 Å². The van der Waals surface area contributed by atoms with Crippen LogP contribution in [0.4, 0.5) is 0 Å². The molecule has 0 fully saturated rings. The Kier molecular flexibility index (Phi) is 5.78. The molecule has 0 spiro atoms. The van der Waals surface area contributed by atoms with Crippen molar-refractivity contribution in [2.45, 2.75) is 20.0 Å². The Balaban J connectivity index is 1.45. The van der Waals surface area contributed by atoms with Gasteiger partial charge in [-0.05, 0) is 37.6 Å². The fourth-order valence-corrected chi connectivity index (χ4v) is 2.56. The molecule has 0 saturated heterocycles.